The van der Waals surface area contributed by atoms with Gasteiger partial charge in [0.25, 0.3) is 5.91 Å². The number of alkyl halides is 3. The molecule has 2 N–H and O–H groups in total. The van der Waals surface area contributed by atoms with E-state index in [4.69, 9.17) is 0 Å². The Labute approximate surface area is 207 Å². The number of rotatable bonds is 6. The van der Waals surface area contributed by atoms with E-state index < -0.39 is 29.9 Å². The minimum atomic E-state index is -4.94. The van der Waals surface area contributed by atoms with Crippen molar-refractivity contribution in [2.45, 2.75) is 33.2 Å². The average Bonchev–Trinajstić information content (AvgIpc) is 3.20. The Hall–Kier alpha value is -4.55. The van der Waals surface area contributed by atoms with Crippen molar-refractivity contribution in [1.82, 2.24) is 24.9 Å². The smallest absolute Gasteiger partial charge is 0.406 e. The fourth-order valence-corrected chi connectivity index (χ4v) is 3.58. The molecule has 9 nitrogen and oxygen atoms in total. The lowest BCUT2D eigenvalue weighted by Crippen LogP contribution is -2.28. The number of nitrogens with zero attached hydrogens (tertiary/aromatic N) is 4. The van der Waals surface area contributed by atoms with Crippen LogP contribution in [0.25, 0.3) is 16.9 Å². The van der Waals surface area contributed by atoms with Crippen LogP contribution in [-0.2, 0) is 4.79 Å². The number of hydrogen-bond acceptors (Lipinski definition) is 6. The molecule has 1 aromatic carbocycles. The van der Waals surface area contributed by atoms with Crippen LogP contribution in [0.3, 0.4) is 0 Å². The Morgan fingerprint density at radius 3 is 2.59 bits per heavy atom. The number of aromatic nitrogens is 4. The number of ether oxygens (including phenoxy) is 1. The van der Waals surface area contributed by atoms with Gasteiger partial charge in [0.1, 0.15) is 11.6 Å². The van der Waals surface area contributed by atoms with Crippen LogP contribution < -0.4 is 15.4 Å². The van der Waals surface area contributed by atoms with Crippen molar-refractivity contribution in [3.8, 4) is 17.0 Å². The minimum Gasteiger partial charge on any atom is -0.406 e. The van der Waals surface area contributed by atoms with Crippen molar-refractivity contribution >= 4 is 23.3 Å². The lowest BCUT2D eigenvalue weighted by Gasteiger charge is -2.18. The molecule has 3 heterocycles. The number of carbonyl (C=O) groups is 2. The Balaban J connectivity index is 1.58. The number of amides is 2. The molecule has 0 aliphatic carbocycles. The second kappa shape index (κ2) is 9.84. The Morgan fingerprint density at radius 1 is 1.14 bits per heavy atom. The molecule has 3 aromatic heterocycles. The SMILES string of the molecule is CC(=O)Nc1cn2nc(-c3cnc(C)c(C(=O)N[C@@H](C)c4cc(OC(F)(F)F)ccc4F)c3)ccc2n1. The summed E-state index contributed by atoms with van der Waals surface area (Å²) in [7, 11) is 0. The number of nitrogens with one attached hydrogen (secondary N) is 2. The highest BCUT2D eigenvalue weighted by atomic mass is 19.4. The van der Waals surface area contributed by atoms with Crippen LogP contribution in [-0.4, -0.2) is 37.8 Å². The van der Waals surface area contributed by atoms with E-state index in [1.165, 1.54) is 30.8 Å². The highest BCUT2D eigenvalue weighted by molar-refractivity contribution is 5.96. The highest BCUT2D eigenvalue weighted by Gasteiger charge is 2.31. The number of imidazole rings is 1. The van der Waals surface area contributed by atoms with Crippen molar-refractivity contribution in [2.75, 3.05) is 5.32 Å². The van der Waals surface area contributed by atoms with Crippen molar-refractivity contribution in [2.24, 2.45) is 0 Å². The van der Waals surface area contributed by atoms with E-state index in [0.717, 1.165) is 18.2 Å². The van der Waals surface area contributed by atoms with Crippen LogP contribution in [0.1, 0.15) is 41.5 Å². The molecule has 0 aliphatic rings. The van der Waals surface area contributed by atoms with E-state index in [0.29, 0.717) is 28.4 Å². The molecule has 0 saturated heterocycles. The van der Waals surface area contributed by atoms with Gasteiger partial charge in [0.2, 0.25) is 5.91 Å². The number of pyridine rings is 1. The quantitative estimate of drug-likeness (QED) is 0.363. The van der Waals surface area contributed by atoms with Gasteiger partial charge in [0, 0.05) is 24.2 Å². The van der Waals surface area contributed by atoms with E-state index in [2.05, 4.69) is 30.4 Å². The van der Waals surface area contributed by atoms with Gasteiger partial charge in [-0.25, -0.2) is 13.9 Å². The Morgan fingerprint density at radius 2 is 1.89 bits per heavy atom. The highest BCUT2D eigenvalue weighted by Crippen LogP contribution is 2.28. The van der Waals surface area contributed by atoms with Crippen LogP contribution in [0.4, 0.5) is 23.4 Å². The Bertz CT molecular complexity index is 1500. The monoisotopic (exact) mass is 516 g/mol. The number of carbonyl (C=O) groups excluding carboxylic acids is 2. The lowest BCUT2D eigenvalue weighted by atomic mass is 10.0. The van der Waals surface area contributed by atoms with E-state index in [-0.39, 0.29) is 17.0 Å². The van der Waals surface area contributed by atoms with E-state index in [1.807, 2.05) is 0 Å². The van der Waals surface area contributed by atoms with Crippen LogP contribution in [0.15, 0.2) is 48.8 Å². The van der Waals surface area contributed by atoms with Crippen molar-refractivity contribution in [3.63, 3.8) is 0 Å². The molecule has 0 aliphatic heterocycles. The fourth-order valence-electron chi connectivity index (χ4n) is 3.58. The number of fused-ring (bicyclic) bond motifs is 1. The molecule has 1 atom stereocenters. The fraction of sp³-hybridized carbons (Fsp3) is 0.208. The molecular formula is C24H20F4N6O3. The third kappa shape index (κ3) is 6.00. The largest absolute Gasteiger partial charge is 0.573 e. The molecular weight excluding hydrogens is 496 g/mol. The minimum absolute atomic E-state index is 0.166. The van der Waals surface area contributed by atoms with Crippen molar-refractivity contribution in [3.05, 3.63) is 71.4 Å². The average molecular weight is 516 g/mol. The molecule has 2 amide bonds. The van der Waals surface area contributed by atoms with Gasteiger partial charge in [-0.1, -0.05) is 0 Å². The molecule has 0 radical (unpaired) electrons. The summed E-state index contributed by atoms with van der Waals surface area (Å²) in [5.74, 6) is -1.98. The van der Waals surface area contributed by atoms with Gasteiger partial charge in [-0.15, -0.1) is 13.2 Å². The molecule has 0 spiro atoms. The van der Waals surface area contributed by atoms with Gasteiger partial charge in [-0.05, 0) is 50.2 Å². The van der Waals surface area contributed by atoms with Gasteiger partial charge < -0.3 is 15.4 Å². The molecule has 13 heteroatoms. The first-order valence-electron chi connectivity index (χ1n) is 10.9. The first-order valence-corrected chi connectivity index (χ1v) is 10.9. The number of hydrogen-bond donors (Lipinski definition) is 2. The number of aryl methyl sites for hydroxylation is 1. The van der Waals surface area contributed by atoms with E-state index in [1.54, 1.807) is 25.1 Å². The number of benzene rings is 1. The second-order valence-electron chi connectivity index (χ2n) is 8.11. The predicted octanol–water partition coefficient (Wildman–Crippen LogP) is 4.59. The zero-order chi connectivity index (χ0) is 26.9. The Kier molecular flexibility index (Phi) is 6.79. The summed E-state index contributed by atoms with van der Waals surface area (Å²) in [5, 5.41) is 9.59. The maximum atomic E-state index is 14.3. The molecule has 4 aromatic rings. The molecule has 192 valence electrons. The number of anilines is 1. The van der Waals surface area contributed by atoms with Crippen LogP contribution in [0.5, 0.6) is 5.75 Å². The summed E-state index contributed by atoms with van der Waals surface area (Å²) < 4.78 is 57.3. The molecule has 0 bridgehead atoms. The molecule has 0 saturated carbocycles. The molecule has 37 heavy (non-hydrogen) atoms. The molecule has 0 fully saturated rings. The van der Waals surface area contributed by atoms with Crippen molar-refractivity contribution in [1.29, 1.82) is 0 Å². The molecule has 0 unspecified atom stereocenters. The zero-order valence-electron chi connectivity index (χ0n) is 19.7. The maximum absolute atomic E-state index is 14.3. The van der Waals surface area contributed by atoms with Crippen molar-refractivity contribution < 1.29 is 31.9 Å². The first kappa shape index (κ1) is 25.5. The third-order valence-corrected chi connectivity index (χ3v) is 5.27. The van der Waals surface area contributed by atoms with Gasteiger partial charge in [-0.3, -0.25) is 14.6 Å². The topological polar surface area (TPSA) is 111 Å². The normalized spacial score (nSPS) is 12.3. The van der Waals surface area contributed by atoms with E-state index in [9.17, 15) is 27.2 Å². The molecule has 4 rings (SSSR count). The van der Waals surface area contributed by atoms with Gasteiger partial charge in [0.15, 0.2) is 11.5 Å². The van der Waals surface area contributed by atoms with Crippen LogP contribution in [0.2, 0.25) is 0 Å². The van der Waals surface area contributed by atoms with Gasteiger partial charge in [-0.2, -0.15) is 5.10 Å². The van der Waals surface area contributed by atoms with Crippen LogP contribution >= 0.6 is 0 Å². The van der Waals surface area contributed by atoms with Crippen LogP contribution in [0, 0.1) is 12.7 Å². The standard InChI is InChI=1S/C24H20F4N6O3/c1-12-18(23(36)30-13(2)17-9-16(4-5-19(17)25)37-24(26,27)28)8-15(10-29-12)20-6-7-22-32-21(31-14(3)35)11-34(22)33-20/h4-11,13H,1-3H3,(H,30,36)(H,31,35)/t13-/m0/s1. The summed E-state index contributed by atoms with van der Waals surface area (Å²) in [5.41, 5.74) is 1.79. The zero-order valence-corrected chi connectivity index (χ0v) is 19.7. The van der Waals surface area contributed by atoms with E-state index >= 15 is 0 Å². The summed E-state index contributed by atoms with van der Waals surface area (Å²) >= 11 is 0. The predicted molar refractivity (Wildman–Crippen MR) is 124 cm³/mol. The first-order chi connectivity index (χ1) is 17.4. The van der Waals surface area contributed by atoms with Gasteiger partial charge in [0.05, 0.1) is 29.2 Å². The summed E-state index contributed by atoms with van der Waals surface area (Å²) in [6.07, 6.45) is -1.89. The second-order valence-corrected chi connectivity index (χ2v) is 8.11. The maximum Gasteiger partial charge on any atom is 0.573 e. The lowest BCUT2D eigenvalue weighted by molar-refractivity contribution is -0.274. The summed E-state index contributed by atoms with van der Waals surface area (Å²) in [6, 6.07) is 6.47. The third-order valence-electron chi connectivity index (χ3n) is 5.27. The summed E-state index contributed by atoms with van der Waals surface area (Å²) in [6.45, 7) is 4.39. The summed E-state index contributed by atoms with van der Waals surface area (Å²) in [4.78, 5) is 32.8. The van der Waals surface area contributed by atoms with Gasteiger partial charge >= 0.3 is 6.36 Å². The number of halogens is 4.